The van der Waals surface area contributed by atoms with Crippen LogP contribution in [0.1, 0.15) is 32.6 Å². The van der Waals surface area contributed by atoms with E-state index in [2.05, 4.69) is 15.5 Å². The normalized spacial score (nSPS) is 10.9. The summed E-state index contributed by atoms with van der Waals surface area (Å²) in [6.45, 7) is 3.90. The third kappa shape index (κ3) is 4.17. The highest BCUT2D eigenvalue weighted by Crippen LogP contribution is 2.21. The second-order valence-corrected chi connectivity index (χ2v) is 5.51. The summed E-state index contributed by atoms with van der Waals surface area (Å²) in [6, 6.07) is 4.09. The lowest BCUT2D eigenvalue weighted by atomic mass is 10.2. The molecule has 0 bridgehead atoms. The van der Waals surface area contributed by atoms with Crippen LogP contribution in [0.2, 0.25) is 0 Å². The van der Waals surface area contributed by atoms with E-state index in [1.807, 2.05) is 31.4 Å². The first-order valence-electron chi connectivity index (χ1n) is 6.31. The fraction of sp³-hybridized carbons (Fsp3) is 0.462. The molecule has 5 nitrogen and oxygen atoms in total. The van der Waals surface area contributed by atoms with Gasteiger partial charge in [-0.2, -0.15) is 4.98 Å². The van der Waals surface area contributed by atoms with Crippen LogP contribution in [0, 0.1) is 0 Å². The minimum absolute atomic E-state index is 0.0630. The highest BCUT2D eigenvalue weighted by Gasteiger charge is 2.10. The van der Waals surface area contributed by atoms with Gasteiger partial charge < -0.3 is 9.84 Å². The van der Waals surface area contributed by atoms with Crippen LogP contribution in [-0.2, 0) is 11.2 Å². The monoisotopic (exact) mass is 279 g/mol. The molecule has 2 aromatic heterocycles. The molecule has 0 fully saturated rings. The quantitative estimate of drug-likeness (QED) is 0.882. The molecule has 0 unspecified atom stereocenters. The molecule has 2 rings (SSSR count). The van der Waals surface area contributed by atoms with Crippen LogP contribution in [0.25, 0.3) is 10.7 Å². The van der Waals surface area contributed by atoms with Crippen molar-refractivity contribution < 1.29 is 9.32 Å². The van der Waals surface area contributed by atoms with E-state index in [-0.39, 0.29) is 11.9 Å². The molecule has 0 radical (unpaired) electrons. The summed E-state index contributed by atoms with van der Waals surface area (Å²) in [4.78, 5) is 16.8. The molecule has 1 N–H and O–H groups in total. The summed E-state index contributed by atoms with van der Waals surface area (Å²) in [5, 5.41) is 8.76. The molecule has 1 amide bonds. The van der Waals surface area contributed by atoms with Gasteiger partial charge in [0, 0.05) is 18.9 Å². The zero-order chi connectivity index (χ0) is 13.7. The predicted molar refractivity (Wildman–Crippen MR) is 73.8 cm³/mol. The summed E-state index contributed by atoms with van der Waals surface area (Å²) in [7, 11) is 0. The number of amides is 1. The lowest BCUT2D eigenvalue weighted by Gasteiger charge is -2.06. The summed E-state index contributed by atoms with van der Waals surface area (Å²) < 4.78 is 5.17. The van der Waals surface area contributed by atoms with Crippen LogP contribution < -0.4 is 5.32 Å². The highest BCUT2D eigenvalue weighted by molar-refractivity contribution is 7.13. The Kier molecular flexibility index (Phi) is 4.68. The Morgan fingerprint density at radius 2 is 2.37 bits per heavy atom. The van der Waals surface area contributed by atoms with Crippen molar-refractivity contribution in [1.29, 1.82) is 0 Å². The lowest BCUT2D eigenvalue weighted by molar-refractivity contribution is -0.121. The van der Waals surface area contributed by atoms with E-state index in [0.29, 0.717) is 31.0 Å². The fourth-order valence-electron chi connectivity index (χ4n) is 1.66. The van der Waals surface area contributed by atoms with E-state index in [1.54, 1.807) is 11.3 Å². The molecule has 0 saturated heterocycles. The van der Waals surface area contributed by atoms with Gasteiger partial charge >= 0.3 is 0 Å². The van der Waals surface area contributed by atoms with Gasteiger partial charge in [-0.15, -0.1) is 11.3 Å². The zero-order valence-electron chi connectivity index (χ0n) is 11.0. The van der Waals surface area contributed by atoms with Crippen molar-refractivity contribution in [2.45, 2.75) is 39.2 Å². The Morgan fingerprint density at radius 1 is 1.53 bits per heavy atom. The smallest absolute Gasteiger partial charge is 0.226 e. The maximum Gasteiger partial charge on any atom is 0.226 e. The summed E-state index contributed by atoms with van der Waals surface area (Å²) in [5.41, 5.74) is 0. The Bertz CT molecular complexity index is 520. The molecular weight excluding hydrogens is 262 g/mol. The number of carbonyl (C=O) groups is 1. The first-order valence-corrected chi connectivity index (χ1v) is 7.19. The molecule has 0 spiro atoms. The van der Waals surface area contributed by atoms with Crippen molar-refractivity contribution in [3.63, 3.8) is 0 Å². The van der Waals surface area contributed by atoms with Crippen molar-refractivity contribution in [1.82, 2.24) is 15.5 Å². The number of thiophene rings is 1. The van der Waals surface area contributed by atoms with Crippen molar-refractivity contribution >= 4 is 17.2 Å². The largest absolute Gasteiger partial charge is 0.354 e. The van der Waals surface area contributed by atoms with Gasteiger partial charge in [0.05, 0.1) is 4.88 Å². The van der Waals surface area contributed by atoms with Crippen LogP contribution in [0.4, 0.5) is 0 Å². The molecule has 6 heteroatoms. The van der Waals surface area contributed by atoms with Crippen molar-refractivity contribution in [2.24, 2.45) is 0 Å². The average Bonchev–Trinajstić information content (AvgIpc) is 2.97. The molecule has 0 aliphatic carbocycles. The fourth-order valence-corrected chi connectivity index (χ4v) is 2.31. The van der Waals surface area contributed by atoms with Gasteiger partial charge in [0.2, 0.25) is 17.6 Å². The minimum Gasteiger partial charge on any atom is -0.354 e. The third-order valence-corrected chi connectivity index (χ3v) is 3.32. The van der Waals surface area contributed by atoms with Gasteiger partial charge in [-0.05, 0) is 31.7 Å². The van der Waals surface area contributed by atoms with Gasteiger partial charge in [-0.25, -0.2) is 0 Å². The number of nitrogens with one attached hydrogen (secondary N) is 1. The summed E-state index contributed by atoms with van der Waals surface area (Å²) in [5.74, 6) is 1.27. The number of carbonyl (C=O) groups excluding carboxylic acids is 1. The van der Waals surface area contributed by atoms with E-state index in [4.69, 9.17) is 4.52 Å². The Hall–Kier alpha value is -1.69. The number of hydrogen-bond donors (Lipinski definition) is 1. The average molecular weight is 279 g/mol. The Labute approximate surface area is 116 Å². The molecule has 102 valence electrons. The van der Waals surface area contributed by atoms with Crippen molar-refractivity contribution in [2.75, 3.05) is 0 Å². The molecule has 0 aromatic carbocycles. The molecule has 0 saturated carbocycles. The van der Waals surface area contributed by atoms with Gasteiger partial charge in [0.15, 0.2) is 0 Å². The predicted octanol–water partition coefficient (Wildman–Crippen LogP) is 2.65. The highest BCUT2D eigenvalue weighted by atomic mass is 32.1. The molecule has 2 aromatic rings. The summed E-state index contributed by atoms with van der Waals surface area (Å²) in [6.07, 6.45) is 1.82. The maximum atomic E-state index is 11.5. The molecule has 0 aliphatic heterocycles. The Morgan fingerprint density at radius 3 is 3.05 bits per heavy atom. The molecule has 0 aliphatic rings. The number of nitrogens with zero attached hydrogens (tertiary/aromatic N) is 2. The minimum atomic E-state index is 0.0630. The van der Waals surface area contributed by atoms with E-state index in [0.717, 1.165) is 4.88 Å². The van der Waals surface area contributed by atoms with E-state index < -0.39 is 0 Å². The van der Waals surface area contributed by atoms with Crippen LogP contribution in [0.15, 0.2) is 22.0 Å². The topological polar surface area (TPSA) is 68.0 Å². The zero-order valence-corrected chi connectivity index (χ0v) is 11.9. The van der Waals surface area contributed by atoms with Gasteiger partial charge in [-0.1, -0.05) is 11.2 Å². The van der Waals surface area contributed by atoms with E-state index in [9.17, 15) is 4.79 Å². The molecule has 19 heavy (non-hydrogen) atoms. The molecule has 2 heterocycles. The van der Waals surface area contributed by atoms with Crippen molar-refractivity contribution in [3.05, 3.63) is 23.4 Å². The Balaban J connectivity index is 1.79. The van der Waals surface area contributed by atoms with Gasteiger partial charge in [-0.3, -0.25) is 4.79 Å². The number of rotatable bonds is 6. The number of aryl methyl sites for hydroxylation is 1. The van der Waals surface area contributed by atoms with E-state index in [1.165, 1.54) is 0 Å². The van der Waals surface area contributed by atoms with Crippen molar-refractivity contribution in [3.8, 4) is 10.7 Å². The van der Waals surface area contributed by atoms with E-state index >= 15 is 0 Å². The molecular formula is C13H17N3O2S. The van der Waals surface area contributed by atoms with Crippen LogP contribution in [-0.4, -0.2) is 22.1 Å². The maximum absolute atomic E-state index is 11.5. The van der Waals surface area contributed by atoms with Crippen LogP contribution in [0.5, 0.6) is 0 Å². The summed E-state index contributed by atoms with van der Waals surface area (Å²) >= 11 is 1.58. The van der Waals surface area contributed by atoms with Crippen LogP contribution >= 0.6 is 11.3 Å². The first-order chi connectivity index (χ1) is 9.15. The lowest BCUT2D eigenvalue weighted by Crippen LogP contribution is -2.29. The van der Waals surface area contributed by atoms with Gasteiger partial charge in [0.25, 0.3) is 0 Å². The van der Waals surface area contributed by atoms with Crippen LogP contribution in [0.3, 0.4) is 0 Å². The number of hydrogen-bond acceptors (Lipinski definition) is 5. The number of aromatic nitrogens is 2. The first kappa shape index (κ1) is 13.7. The van der Waals surface area contributed by atoms with Gasteiger partial charge in [0.1, 0.15) is 0 Å². The third-order valence-electron chi connectivity index (χ3n) is 2.45. The second-order valence-electron chi connectivity index (χ2n) is 4.56. The molecule has 0 atom stereocenters. The standard InChI is InChI=1S/C13H17N3O2S/c1-9(2)14-11(17)6-3-7-12-15-13(16-18-12)10-5-4-8-19-10/h4-5,8-9H,3,6-7H2,1-2H3,(H,14,17). The SMILES string of the molecule is CC(C)NC(=O)CCCc1nc(-c2cccs2)no1. The second kappa shape index (κ2) is 6.47.